The Labute approximate surface area is 195 Å². The van der Waals surface area contributed by atoms with E-state index in [9.17, 15) is 14.4 Å². The van der Waals surface area contributed by atoms with E-state index in [4.69, 9.17) is 9.15 Å². The number of carbonyl (C=O) groups is 3. The van der Waals surface area contributed by atoms with Crippen molar-refractivity contribution in [1.29, 1.82) is 0 Å². The van der Waals surface area contributed by atoms with Crippen molar-refractivity contribution in [3.8, 4) is 5.75 Å². The number of barbiturate groups is 1. The molecule has 1 aliphatic heterocycles. The highest BCUT2D eigenvalue weighted by Gasteiger charge is 2.36. The van der Waals surface area contributed by atoms with Gasteiger partial charge in [-0.15, -0.1) is 0 Å². The first-order chi connectivity index (χ1) is 16.6. The molecule has 4 amide bonds. The van der Waals surface area contributed by atoms with Crippen LogP contribution in [0.3, 0.4) is 0 Å². The number of rotatable bonds is 6. The smallest absolute Gasteiger partial charge is 0.331 e. The largest absolute Gasteiger partial charge is 0.488 e. The Balaban J connectivity index is 1.39. The lowest BCUT2D eigenvalue weighted by Crippen LogP contribution is -2.53. The number of carbonyl (C=O) groups excluding carboxylic acids is 3. The molecule has 0 saturated carbocycles. The molecule has 4 aromatic rings. The third kappa shape index (κ3) is 4.31. The minimum Gasteiger partial charge on any atom is -0.488 e. The summed E-state index contributed by atoms with van der Waals surface area (Å²) in [6.45, 7) is 0.233. The summed E-state index contributed by atoms with van der Waals surface area (Å²) in [7, 11) is 0. The van der Waals surface area contributed by atoms with E-state index in [1.807, 2.05) is 42.5 Å². The van der Waals surface area contributed by atoms with Gasteiger partial charge in [-0.2, -0.15) is 0 Å². The van der Waals surface area contributed by atoms with Gasteiger partial charge in [-0.3, -0.25) is 19.8 Å². The third-order valence-electron chi connectivity index (χ3n) is 5.51. The number of furan rings is 1. The lowest BCUT2D eigenvalue weighted by Gasteiger charge is -2.25. The number of nitrogens with one attached hydrogen (secondary N) is 1. The van der Waals surface area contributed by atoms with Gasteiger partial charge in [-0.1, -0.05) is 54.6 Å². The second-order valence-electron chi connectivity index (χ2n) is 7.80. The van der Waals surface area contributed by atoms with Crippen molar-refractivity contribution in [3.05, 3.63) is 108 Å². The Morgan fingerprint density at radius 3 is 2.50 bits per heavy atom. The highest BCUT2D eigenvalue weighted by Crippen LogP contribution is 2.25. The molecule has 168 valence electrons. The summed E-state index contributed by atoms with van der Waals surface area (Å²) >= 11 is 0. The van der Waals surface area contributed by atoms with E-state index in [1.165, 1.54) is 12.3 Å². The van der Waals surface area contributed by atoms with Gasteiger partial charge in [0.05, 0.1) is 12.8 Å². The third-order valence-corrected chi connectivity index (χ3v) is 5.51. The first-order valence-corrected chi connectivity index (χ1v) is 10.7. The monoisotopic (exact) mass is 452 g/mol. The summed E-state index contributed by atoms with van der Waals surface area (Å²) in [6, 6.07) is 23.8. The van der Waals surface area contributed by atoms with Gasteiger partial charge in [-0.05, 0) is 46.7 Å². The number of hydrogen-bond acceptors (Lipinski definition) is 5. The fourth-order valence-electron chi connectivity index (χ4n) is 3.77. The lowest BCUT2D eigenvalue weighted by atomic mass is 10.1. The van der Waals surface area contributed by atoms with E-state index in [1.54, 1.807) is 30.3 Å². The minimum absolute atomic E-state index is 0.0810. The summed E-state index contributed by atoms with van der Waals surface area (Å²) in [5.74, 6) is -0.515. The second kappa shape index (κ2) is 9.07. The van der Waals surface area contributed by atoms with Crippen LogP contribution in [0.2, 0.25) is 0 Å². The molecule has 1 N–H and O–H groups in total. The van der Waals surface area contributed by atoms with Crippen molar-refractivity contribution < 1.29 is 23.5 Å². The number of urea groups is 1. The highest BCUT2D eigenvalue weighted by atomic mass is 16.5. The molecule has 0 radical (unpaired) electrons. The molecule has 34 heavy (non-hydrogen) atoms. The molecular weight excluding hydrogens is 432 g/mol. The van der Waals surface area contributed by atoms with E-state index < -0.39 is 17.8 Å². The summed E-state index contributed by atoms with van der Waals surface area (Å²) in [5, 5.41) is 4.47. The lowest BCUT2D eigenvalue weighted by molar-refractivity contribution is -0.130. The summed E-state index contributed by atoms with van der Waals surface area (Å²) in [4.78, 5) is 38.6. The van der Waals surface area contributed by atoms with E-state index in [0.29, 0.717) is 23.7 Å². The number of nitrogens with zero attached hydrogens (tertiary/aromatic N) is 1. The van der Waals surface area contributed by atoms with Gasteiger partial charge < -0.3 is 9.15 Å². The van der Waals surface area contributed by atoms with Crippen LogP contribution in [0.4, 0.5) is 4.79 Å². The van der Waals surface area contributed by atoms with Crippen molar-refractivity contribution in [2.24, 2.45) is 0 Å². The van der Waals surface area contributed by atoms with Crippen LogP contribution >= 0.6 is 0 Å². The topological polar surface area (TPSA) is 88.9 Å². The zero-order valence-electron chi connectivity index (χ0n) is 18.1. The maximum Gasteiger partial charge on any atom is 0.331 e. The number of ether oxygens (including phenoxy) is 1. The van der Waals surface area contributed by atoms with Gasteiger partial charge in [-0.25, -0.2) is 4.79 Å². The van der Waals surface area contributed by atoms with Gasteiger partial charge in [0.15, 0.2) is 0 Å². The van der Waals surface area contributed by atoms with Crippen LogP contribution in [0.1, 0.15) is 16.9 Å². The van der Waals surface area contributed by atoms with Gasteiger partial charge >= 0.3 is 6.03 Å². The summed E-state index contributed by atoms with van der Waals surface area (Å²) in [5.41, 5.74) is 1.38. The Morgan fingerprint density at radius 1 is 0.882 bits per heavy atom. The molecule has 1 fully saturated rings. The minimum atomic E-state index is -0.788. The molecule has 2 heterocycles. The van der Waals surface area contributed by atoms with Crippen LogP contribution in [0.15, 0.2) is 95.1 Å². The Morgan fingerprint density at radius 2 is 1.68 bits per heavy atom. The summed E-state index contributed by atoms with van der Waals surface area (Å²) in [6.07, 6.45) is 2.89. The predicted octanol–water partition coefficient (Wildman–Crippen LogP) is 4.67. The van der Waals surface area contributed by atoms with Gasteiger partial charge in [0.25, 0.3) is 11.8 Å². The Bertz CT molecular complexity index is 1420. The maximum atomic E-state index is 13.0. The molecule has 1 aromatic heterocycles. The van der Waals surface area contributed by atoms with Gasteiger partial charge in [0.2, 0.25) is 0 Å². The van der Waals surface area contributed by atoms with Crippen LogP contribution in [-0.2, 0) is 22.7 Å². The first-order valence-electron chi connectivity index (χ1n) is 10.7. The second-order valence-corrected chi connectivity index (χ2v) is 7.80. The molecule has 7 heteroatoms. The first kappa shape index (κ1) is 21.2. The van der Waals surface area contributed by atoms with Crippen LogP contribution in [-0.4, -0.2) is 22.7 Å². The van der Waals surface area contributed by atoms with Crippen molar-refractivity contribution in [2.75, 3.05) is 0 Å². The average molecular weight is 452 g/mol. The molecule has 1 aliphatic rings. The summed E-state index contributed by atoms with van der Waals surface area (Å²) < 4.78 is 11.3. The number of benzene rings is 3. The fraction of sp³-hybridized carbons (Fsp3) is 0.0741. The van der Waals surface area contributed by atoms with E-state index in [2.05, 4.69) is 11.4 Å². The standard InChI is InChI=1S/C27H20N2O5/c30-25-23(26(31)29(27(32)28-25)16-22-9-5-13-33-22)15-21-8-3-4-10-24(21)34-17-18-11-12-19-6-1-2-7-20(19)14-18/h1-15H,16-17H2,(H,28,30,32)/b23-15+. The molecule has 0 unspecified atom stereocenters. The van der Waals surface area contributed by atoms with Crippen molar-refractivity contribution in [3.63, 3.8) is 0 Å². The van der Waals surface area contributed by atoms with Crippen molar-refractivity contribution >= 4 is 34.7 Å². The molecule has 0 spiro atoms. The fourth-order valence-corrected chi connectivity index (χ4v) is 3.77. The number of hydrogen-bond donors (Lipinski definition) is 1. The normalized spacial score (nSPS) is 15.1. The molecule has 0 aliphatic carbocycles. The van der Waals surface area contributed by atoms with E-state index >= 15 is 0 Å². The molecule has 1 saturated heterocycles. The van der Waals surface area contributed by atoms with E-state index in [0.717, 1.165) is 21.2 Å². The maximum absolute atomic E-state index is 13.0. The molecule has 5 rings (SSSR count). The Hall–Kier alpha value is -4.65. The number of amides is 4. The quantitative estimate of drug-likeness (QED) is 0.339. The molecule has 0 bridgehead atoms. The Kier molecular flexibility index (Phi) is 5.66. The molecule has 3 aromatic carbocycles. The van der Waals surface area contributed by atoms with Gasteiger partial charge in [0, 0.05) is 5.56 Å². The van der Waals surface area contributed by atoms with Crippen LogP contribution in [0, 0.1) is 0 Å². The van der Waals surface area contributed by atoms with Crippen LogP contribution < -0.4 is 10.1 Å². The number of imide groups is 2. The van der Waals surface area contributed by atoms with Crippen molar-refractivity contribution in [1.82, 2.24) is 10.2 Å². The molecule has 7 nitrogen and oxygen atoms in total. The highest BCUT2D eigenvalue weighted by molar-refractivity contribution is 6.31. The van der Waals surface area contributed by atoms with E-state index in [-0.39, 0.29) is 12.1 Å². The zero-order valence-corrected chi connectivity index (χ0v) is 18.1. The average Bonchev–Trinajstić information content (AvgIpc) is 3.37. The SMILES string of the molecule is O=C1NC(=O)N(Cc2ccco2)C(=O)/C1=C/c1ccccc1OCc1ccc2ccccc2c1. The molecule has 0 atom stereocenters. The zero-order chi connectivity index (χ0) is 23.5. The molecular formula is C27H20N2O5. The van der Waals surface area contributed by atoms with Crippen molar-refractivity contribution in [2.45, 2.75) is 13.2 Å². The number of para-hydroxylation sites is 1. The van der Waals surface area contributed by atoms with Crippen LogP contribution in [0.25, 0.3) is 16.8 Å². The predicted molar refractivity (Wildman–Crippen MR) is 125 cm³/mol. The van der Waals surface area contributed by atoms with Crippen LogP contribution in [0.5, 0.6) is 5.75 Å². The number of fused-ring (bicyclic) bond motifs is 1. The van der Waals surface area contributed by atoms with Gasteiger partial charge in [0.1, 0.15) is 23.7 Å².